The summed E-state index contributed by atoms with van der Waals surface area (Å²) < 4.78 is 24.7. The summed E-state index contributed by atoms with van der Waals surface area (Å²) in [5, 5.41) is -0.0391. The third-order valence-corrected chi connectivity index (χ3v) is 13.0. The van der Waals surface area contributed by atoms with Gasteiger partial charge in [-0.2, -0.15) is 0 Å². The summed E-state index contributed by atoms with van der Waals surface area (Å²) >= 11 is 0. The highest BCUT2D eigenvalue weighted by Gasteiger charge is 2.49. The van der Waals surface area contributed by atoms with Gasteiger partial charge in [0.25, 0.3) is 0 Å². The molecule has 0 rings (SSSR count). The van der Waals surface area contributed by atoms with Gasteiger partial charge in [-0.3, -0.25) is 9.13 Å². The van der Waals surface area contributed by atoms with Crippen molar-refractivity contribution in [1.82, 2.24) is 0 Å². The molecular weight excluding hydrogens is 598 g/mol. The minimum atomic E-state index is -0.0391. The average molecular weight is 683 g/mol. The third kappa shape index (κ3) is 23.5. The summed E-state index contributed by atoms with van der Waals surface area (Å²) in [6, 6.07) is 0. The lowest BCUT2D eigenvalue weighted by atomic mass is 9.62. The van der Waals surface area contributed by atoms with Gasteiger partial charge in [0.2, 0.25) is 0 Å². The standard InChI is InChI=1S/C42H84O2P2/c1-5-9-13-17-23-29-35-41(36-30-24-18-14-10-6-2,37-31-25-21-22-28-34-40-45-43)42(46-44,38-32-26-19-15-11-7-3)39-33-27-20-16-12-8-4/h5-40H2,1-4H3. The predicted octanol–water partition coefficient (Wildman–Crippen LogP) is 17.0. The molecule has 0 unspecified atom stereocenters. The van der Waals surface area contributed by atoms with E-state index in [-0.39, 0.29) is 10.6 Å². The van der Waals surface area contributed by atoms with Crippen LogP contribution < -0.4 is 0 Å². The molecule has 0 N–H and O–H groups in total. The van der Waals surface area contributed by atoms with E-state index >= 15 is 0 Å². The highest BCUT2D eigenvalue weighted by molar-refractivity contribution is 7.26. The van der Waals surface area contributed by atoms with Crippen LogP contribution in [-0.4, -0.2) is 11.3 Å². The van der Waals surface area contributed by atoms with E-state index in [2.05, 4.69) is 27.7 Å². The molecule has 0 atom stereocenters. The second-order valence-electron chi connectivity index (χ2n) is 15.2. The maximum atomic E-state index is 13.9. The van der Waals surface area contributed by atoms with Gasteiger partial charge in [0.05, 0.1) is 5.16 Å². The monoisotopic (exact) mass is 683 g/mol. The number of unbranched alkanes of at least 4 members (excludes halogenated alkanes) is 25. The van der Waals surface area contributed by atoms with Crippen molar-refractivity contribution in [2.75, 3.05) is 6.16 Å². The van der Waals surface area contributed by atoms with Gasteiger partial charge in [-0.25, -0.2) is 0 Å². The number of hydrogen-bond donors (Lipinski definition) is 0. The van der Waals surface area contributed by atoms with Gasteiger partial charge in [0.1, 0.15) is 0 Å². The Hall–Kier alpha value is 0.200. The Morgan fingerprint density at radius 2 is 0.587 bits per heavy atom. The zero-order valence-electron chi connectivity index (χ0n) is 32.2. The molecule has 4 heteroatoms. The molecule has 0 aromatic rings. The molecule has 2 nitrogen and oxygen atoms in total. The van der Waals surface area contributed by atoms with Gasteiger partial charge < -0.3 is 0 Å². The van der Waals surface area contributed by atoms with E-state index in [1.807, 2.05) is 0 Å². The zero-order valence-corrected chi connectivity index (χ0v) is 34.0. The Bertz CT molecular complexity index is 605. The lowest BCUT2D eigenvalue weighted by molar-refractivity contribution is 0.104. The summed E-state index contributed by atoms with van der Waals surface area (Å²) in [6.45, 7) is 9.27. The van der Waals surface area contributed by atoms with Crippen molar-refractivity contribution in [2.45, 2.75) is 258 Å². The van der Waals surface area contributed by atoms with Crippen molar-refractivity contribution >= 4 is 16.9 Å². The summed E-state index contributed by atoms with van der Waals surface area (Å²) in [4.78, 5) is 0. The van der Waals surface area contributed by atoms with Crippen LogP contribution in [0, 0.1) is 5.41 Å². The molecule has 46 heavy (non-hydrogen) atoms. The normalized spacial score (nSPS) is 12.5. The fourth-order valence-corrected chi connectivity index (χ4v) is 9.53. The van der Waals surface area contributed by atoms with E-state index in [1.54, 1.807) is 0 Å². The first kappa shape index (κ1) is 46.2. The molecule has 0 bridgehead atoms. The lowest BCUT2D eigenvalue weighted by Gasteiger charge is -2.49. The Labute approximate surface area is 294 Å². The minimum Gasteiger partial charge on any atom is -0.275 e. The second kappa shape index (κ2) is 35.0. The first-order valence-corrected chi connectivity index (χ1v) is 23.1. The van der Waals surface area contributed by atoms with Gasteiger partial charge in [0.15, 0.2) is 16.9 Å². The van der Waals surface area contributed by atoms with Crippen molar-refractivity contribution in [3.8, 4) is 0 Å². The molecule has 0 radical (unpaired) electrons. The highest BCUT2D eigenvalue weighted by atomic mass is 31.1. The van der Waals surface area contributed by atoms with Crippen molar-refractivity contribution in [2.24, 2.45) is 5.41 Å². The fourth-order valence-electron chi connectivity index (χ4n) is 8.15. The maximum absolute atomic E-state index is 13.9. The molecule has 0 amide bonds. The predicted molar refractivity (Wildman–Crippen MR) is 210 cm³/mol. The van der Waals surface area contributed by atoms with Crippen LogP contribution in [0.5, 0.6) is 0 Å². The molecule has 0 saturated heterocycles. The summed E-state index contributed by atoms with van der Waals surface area (Å²) in [7, 11) is 0.786. The zero-order chi connectivity index (χ0) is 33.9. The SMILES string of the molecule is CCCCCCCCC(CCCCCCCC)(CCCCCCCCP=O)C(CCCCCCCC)(CCCCCCCC)P=O. The van der Waals surface area contributed by atoms with E-state index < -0.39 is 0 Å². The molecular formula is C42H84O2P2. The quantitative estimate of drug-likeness (QED) is 0.0478. The number of rotatable bonds is 39. The van der Waals surface area contributed by atoms with Crippen LogP contribution in [0.4, 0.5) is 0 Å². The number of hydrogen-bond acceptors (Lipinski definition) is 2. The van der Waals surface area contributed by atoms with Gasteiger partial charge >= 0.3 is 0 Å². The van der Waals surface area contributed by atoms with Gasteiger partial charge in [-0.05, 0) is 43.9 Å². The molecule has 0 aliphatic heterocycles. The Morgan fingerprint density at radius 1 is 0.326 bits per heavy atom. The molecule has 0 aromatic carbocycles. The van der Waals surface area contributed by atoms with Crippen molar-refractivity contribution in [3.63, 3.8) is 0 Å². The van der Waals surface area contributed by atoms with Crippen molar-refractivity contribution < 1.29 is 9.13 Å². The van der Waals surface area contributed by atoms with E-state index in [0.717, 1.165) is 12.6 Å². The first-order valence-electron chi connectivity index (χ1n) is 21.3. The highest BCUT2D eigenvalue weighted by Crippen LogP contribution is 2.57. The second-order valence-corrected chi connectivity index (χ2v) is 16.9. The Balaban J connectivity index is 6.05. The largest absolute Gasteiger partial charge is 0.275 e. The lowest BCUT2D eigenvalue weighted by Crippen LogP contribution is -2.44. The van der Waals surface area contributed by atoms with Gasteiger partial charge in [-0.1, -0.05) is 214 Å². The summed E-state index contributed by atoms with van der Waals surface area (Å²) in [5.41, 5.74) is 0.222. The maximum Gasteiger partial charge on any atom is 0.162 e. The van der Waals surface area contributed by atoms with Crippen LogP contribution in [0.25, 0.3) is 0 Å². The van der Waals surface area contributed by atoms with E-state index in [9.17, 15) is 9.13 Å². The summed E-state index contributed by atoms with van der Waals surface area (Å²) in [6.07, 6.45) is 46.8. The van der Waals surface area contributed by atoms with Gasteiger partial charge in [-0.15, -0.1) is 0 Å². The van der Waals surface area contributed by atoms with E-state index in [0.29, 0.717) is 16.9 Å². The fraction of sp³-hybridized carbons (Fsp3) is 1.00. The van der Waals surface area contributed by atoms with Crippen molar-refractivity contribution in [3.05, 3.63) is 0 Å². The van der Waals surface area contributed by atoms with E-state index in [4.69, 9.17) is 0 Å². The van der Waals surface area contributed by atoms with Gasteiger partial charge in [0, 0.05) is 6.16 Å². The molecule has 0 spiro atoms. The summed E-state index contributed by atoms with van der Waals surface area (Å²) in [5.74, 6) is 0. The van der Waals surface area contributed by atoms with Crippen LogP contribution in [0.2, 0.25) is 0 Å². The van der Waals surface area contributed by atoms with E-state index in [1.165, 1.54) is 218 Å². The molecule has 0 aromatic heterocycles. The molecule has 0 aliphatic carbocycles. The van der Waals surface area contributed by atoms with Crippen LogP contribution in [0.1, 0.15) is 252 Å². The molecule has 0 aliphatic rings. The Kier molecular flexibility index (Phi) is 35.2. The van der Waals surface area contributed by atoms with Crippen molar-refractivity contribution in [1.29, 1.82) is 0 Å². The smallest absolute Gasteiger partial charge is 0.162 e. The van der Waals surface area contributed by atoms with Crippen LogP contribution in [0.3, 0.4) is 0 Å². The molecule has 0 fully saturated rings. The van der Waals surface area contributed by atoms with Crippen LogP contribution in [0.15, 0.2) is 0 Å². The molecule has 0 heterocycles. The average Bonchev–Trinajstić information content (AvgIpc) is 3.07. The minimum absolute atomic E-state index is 0.0391. The third-order valence-electron chi connectivity index (χ3n) is 11.2. The molecule has 274 valence electrons. The Morgan fingerprint density at radius 3 is 0.870 bits per heavy atom. The first-order chi connectivity index (χ1) is 22.6. The topological polar surface area (TPSA) is 34.1 Å². The van der Waals surface area contributed by atoms with Crippen LogP contribution in [-0.2, 0) is 9.13 Å². The molecule has 0 saturated carbocycles. The van der Waals surface area contributed by atoms with Crippen LogP contribution >= 0.6 is 16.9 Å².